The Morgan fingerprint density at radius 3 is 3.00 bits per heavy atom. The van der Waals surface area contributed by atoms with Crippen molar-refractivity contribution in [3.05, 3.63) is 35.6 Å². The number of amides is 1. The van der Waals surface area contributed by atoms with Crippen LogP contribution < -0.4 is 5.32 Å². The summed E-state index contributed by atoms with van der Waals surface area (Å²) in [7, 11) is -1.66. The summed E-state index contributed by atoms with van der Waals surface area (Å²) in [6.45, 7) is 2.52. The van der Waals surface area contributed by atoms with Gasteiger partial charge in [-0.05, 0) is 37.3 Å². The van der Waals surface area contributed by atoms with Gasteiger partial charge in [-0.25, -0.2) is 0 Å². The highest BCUT2D eigenvalue weighted by molar-refractivity contribution is 6.43. The van der Waals surface area contributed by atoms with Gasteiger partial charge in [0.15, 0.2) is 0 Å². The molecule has 7 heteroatoms. The first-order valence-electron chi connectivity index (χ1n) is 7.80. The van der Waals surface area contributed by atoms with E-state index in [0.29, 0.717) is 13.0 Å². The lowest BCUT2D eigenvalue weighted by atomic mass is 9.75. The smallest absolute Gasteiger partial charge is 0.464 e. The van der Waals surface area contributed by atoms with Crippen LogP contribution in [0.4, 0.5) is 0 Å². The summed E-state index contributed by atoms with van der Waals surface area (Å²) >= 11 is 0. The number of fused-ring (bicyclic) bond motifs is 1. The standard InChI is InChI=1S/C16H20BNO5/c1-10-4-2-5-12-11(9-23-15(10)12)8-14(17(20)21)18-16(19)13-6-3-7-22-13/h2,4-5,9,13-14,20-21H,3,6-8H2,1H3,(H,18,19)/t13-,14?/m1/s1. The molecule has 1 amide bonds. The predicted octanol–water partition coefficient (Wildman–Crippen LogP) is 0.960. The predicted molar refractivity (Wildman–Crippen MR) is 85.8 cm³/mol. The van der Waals surface area contributed by atoms with Crippen molar-refractivity contribution in [3.8, 4) is 0 Å². The van der Waals surface area contributed by atoms with Crippen LogP contribution in [0.1, 0.15) is 24.0 Å². The van der Waals surface area contributed by atoms with Crippen LogP contribution in [-0.4, -0.2) is 41.7 Å². The maximum absolute atomic E-state index is 12.1. The van der Waals surface area contributed by atoms with E-state index in [2.05, 4.69) is 5.32 Å². The third kappa shape index (κ3) is 3.42. The highest BCUT2D eigenvalue weighted by atomic mass is 16.5. The van der Waals surface area contributed by atoms with Gasteiger partial charge in [0.25, 0.3) is 0 Å². The van der Waals surface area contributed by atoms with Gasteiger partial charge in [0.2, 0.25) is 5.91 Å². The molecule has 1 unspecified atom stereocenters. The fourth-order valence-electron chi connectivity index (χ4n) is 2.94. The Morgan fingerprint density at radius 1 is 1.48 bits per heavy atom. The van der Waals surface area contributed by atoms with Gasteiger partial charge in [0, 0.05) is 12.0 Å². The molecule has 23 heavy (non-hydrogen) atoms. The number of aryl methyl sites for hydroxylation is 1. The van der Waals surface area contributed by atoms with Gasteiger partial charge in [-0.1, -0.05) is 18.2 Å². The number of ether oxygens (including phenoxy) is 1. The monoisotopic (exact) mass is 317 g/mol. The van der Waals surface area contributed by atoms with Crippen molar-refractivity contribution < 1.29 is 24.0 Å². The van der Waals surface area contributed by atoms with Gasteiger partial charge in [-0.2, -0.15) is 0 Å². The second kappa shape index (κ2) is 6.74. The number of rotatable bonds is 5. The molecule has 0 aliphatic carbocycles. The van der Waals surface area contributed by atoms with Gasteiger partial charge in [0.1, 0.15) is 11.7 Å². The van der Waals surface area contributed by atoms with Gasteiger partial charge >= 0.3 is 7.12 Å². The number of benzene rings is 1. The summed E-state index contributed by atoms with van der Waals surface area (Å²) in [4.78, 5) is 12.1. The van der Waals surface area contributed by atoms with Gasteiger partial charge < -0.3 is 24.5 Å². The number of hydrogen-bond acceptors (Lipinski definition) is 5. The lowest BCUT2D eigenvalue weighted by Gasteiger charge is -2.19. The van der Waals surface area contributed by atoms with Crippen LogP contribution in [-0.2, 0) is 16.0 Å². The van der Waals surface area contributed by atoms with E-state index >= 15 is 0 Å². The number of hydrogen-bond donors (Lipinski definition) is 3. The van der Waals surface area contributed by atoms with Crippen LogP contribution in [0, 0.1) is 6.92 Å². The molecular weight excluding hydrogens is 297 g/mol. The molecule has 1 fully saturated rings. The quantitative estimate of drug-likeness (QED) is 0.715. The Labute approximate surface area is 134 Å². The number of para-hydroxylation sites is 1. The minimum Gasteiger partial charge on any atom is -0.464 e. The molecule has 1 saturated heterocycles. The van der Waals surface area contributed by atoms with Gasteiger partial charge in [0.05, 0.1) is 12.2 Å². The lowest BCUT2D eigenvalue weighted by Crippen LogP contribution is -2.50. The SMILES string of the molecule is Cc1cccc2c(CC(NC(=O)[C@H]3CCCO3)B(O)O)coc12. The molecule has 3 N–H and O–H groups in total. The van der Waals surface area contributed by atoms with E-state index in [0.717, 1.165) is 28.5 Å². The molecule has 0 spiro atoms. The number of nitrogens with one attached hydrogen (secondary N) is 1. The van der Waals surface area contributed by atoms with Crippen molar-refractivity contribution in [2.75, 3.05) is 6.61 Å². The molecule has 2 aromatic rings. The van der Waals surface area contributed by atoms with Crippen molar-refractivity contribution in [2.45, 2.75) is 38.2 Å². The van der Waals surface area contributed by atoms with E-state index in [1.54, 1.807) is 6.26 Å². The molecule has 0 radical (unpaired) electrons. The number of carbonyl (C=O) groups excluding carboxylic acids is 1. The molecule has 1 aliphatic heterocycles. The van der Waals surface area contributed by atoms with Crippen LogP contribution in [0.15, 0.2) is 28.9 Å². The fraction of sp³-hybridized carbons (Fsp3) is 0.438. The molecule has 3 rings (SSSR count). The molecule has 0 saturated carbocycles. The van der Waals surface area contributed by atoms with E-state index in [4.69, 9.17) is 9.15 Å². The summed E-state index contributed by atoms with van der Waals surface area (Å²) < 4.78 is 10.9. The third-order valence-corrected chi connectivity index (χ3v) is 4.23. The Morgan fingerprint density at radius 2 is 2.30 bits per heavy atom. The van der Waals surface area contributed by atoms with Crippen LogP contribution >= 0.6 is 0 Å². The summed E-state index contributed by atoms with van der Waals surface area (Å²) in [5.41, 5.74) is 2.62. The van der Waals surface area contributed by atoms with E-state index in [9.17, 15) is 14.8 Å². The number of furan rings is 1. The lowest BCUT2D eigenvalue weighted by molar-refractivity contribution is -0.130. The normalized spacial score (nSPS) is 19.0. The molecule has 1 aromatic carbocycles. The van der Waals surface area contributed by atoms with Crippen molar-refractivity contribution in [3.63, 3.8) is 0 Å². The highest BCUT2D eigenvalue weighted by Gasteiger charge is 2.31. The number of carbonyl (C=O) groups is 1. The van der Waals surface area contributed by atoms with Crippen molar-refractivity contribution in [2.24, 2.45) is 0 Å². The average Bonchev–Trinajstić information content (AvgIpc) is 3.17. The van der Waals surface area contributed by atoms with E-state index in [1.807, 2.05) is 25.1 Å². The zero-order valence-electron chi connectivity index (χ0n) is 13.0. The minimum atomic E-state index is -1.66. The second-order valence-electron chi connectivity index (χ2n) is 5.95. The average molecular weight is 317 g/mol. The summed E-state index contributed by atoms with van der Waals surface area (Å²) in [6, 6.07) is 5.79. The van der Waals surface area contributed by atoms with Crippen LogP contribution in [0.2, 0.25) is 0 Å². The molecule has 1 aromatic heterocycles. The largest absolute Gasteiger partial charge is 0.475 e. The molecule has 6 nitrogen and oxygen atoms in total. The van der Waals surface area contributed by atoms with Gasteiger partial charge in [-0.3, -0.25) is 4.79 Å². The first-order chi connectivity index (χ1) is 11.1. The maximum atomic E-state index is 12.1. The Kier molecular flexibility index (Phi) is 4.70. The summed E-state index contributed by atoms with van der Waals surface area (Å²) in [6.07, 6.45) is 2.88. The molecule has 2 heterocycles. The van der Waals surface area contributed by atoms with E-state index in [1.165, 1.54) is 0 Å². The van der Waals surface area contributed by atoms with Crippen molar-refractivity contribution in [1.29, 1.82) is 0 Å². The fourth-order valence-corrected chi connectivity index (χ4v) is 2.94. The molecule has 0 bridgehead atoms. The van der Waals surface area contributed by atoms with Gasteiger partial charge in [-0.15, -0.1) is 0 Å². The van der Waals surface area contributed by atoms with Crippen molar-refractivity contribution in [1.82, 2.24) is 5.32 Å². The van der Waals surface area contributed by atoms with Crippen LogP contribution in [0.5, 0.6) is 0 Å². The highest BCUT2D eigenvalue weighted by Crippen LogP contribution is 2.25. The van der Waals surface area contributed by atoms with E-state index in [-0.39, 0.29) is 12.3 Å². The van der Waals surface area contributed by atoms with Crippen LogP contribution in [0.25, 0.3) is 11.0 Å². The zero-order chi connectivity index (χ0) is 16.4. The Hall–Kier alpha value is -1.83. The molecule has 1 aliphatic rings. The third-order valence-electron chi connectivity index (χ3n) is 4.23. The Bertz CT molecular complexity index is 693. The van der Waals surface area contributed by atoms with Crippen LogP contribution in [0.3, 0.4) is 0 Å². The first kappa shape index (κ1) is 16.0. The topological polar surface area (TPSA) is 91.9 Å². The van der Waals surface area contributed by atoms with E-state index < -0.39 is 19.2 Å². The first-order valence-corrected chi connectivity index (χ1v) is 7.80. The summed E-state index contributed by atoms with van der Waals surface area (Å²) in [5.74, 6) is -1.11. The second-order valence-corrected chi connectivity index (χ2v) is 5.95. The summed E-state index contributed by atoms with van der Waals surface area (Å²) in [5, 5.41) is 22.8. The molecule has 2 atom stereocenters. The zero-order valence-corrected chi connectivity index (χ0v) is 13.0. The Balaban J connectivity index is 1.76. The van der Waals surface area contributed by atoms with Crippen molar-refractivity contribution >= 4 is 24.0 Å². The minimum absolute atomic E-state index is 0.270. The molecule has 122 valence electrons. The molecular formula is C16H20BNO5. The maximum Gasteiger partial charge on any atom is 0.475 e.